The van der Waals surface area contributed by atoms with Crippen molar-refractivity contribution in [2.45, 2.75) is 58.5 Å². The molecule has 36 heavy (non-hydrogen) atoms. The number of aliphatic hydroxyl groups is 1. The molecule has 0 saturated heterocycles. The predicted octanol–water partition coefficient (Wildman–Crippen LogP) is 6.53. The lowest BCUT2D eigenvalue weighted by molar-refractivity contribution is -0.194. The first-order valence-electron chi connectivity index (χ1n) is 12.8. The fourth-order valence-electron chi connectivity index (χ4n) is 8.34. The van der Waals surface area contributed by atoms with Crippen LogP contribution in [0.2, 0.25) is 0 Å². The van der Waals surface area contributed by atoms with Gasteiger partial charge in [0, 0.05) is 0 Å². The minimum Gasteiger partial charge on any atom is -0.393 e. The Morgan fingerprint density at radius 1 is 1.19 bits per heavy atom. The van der Waals surface area contributed by atoms with Crippen molar-refractivity contribution in [1.82, 2.24) is 9.78 Å². The highest BCUT2D eigenvalue weighted by molar-refractivity contribution is 8.02. The highest BCUT2D eigenvalue weighted by Crippen LogP contribution is 2.67. The SMILES string of the molecule is CC12CC(O)C3C(CCC4=Cc5c(cnn5-c5ccc(F)cc5)CC43C)C1CCC2=C(OO)SCF. The van der Waals surface area contributed by atoms with Crippen molar-refractivity contribution in [3.8, 4) is 5.69 Å². The van der Waals surface area contributed by atoms with E-state index in [2.05, 4.69) is 29.9 Å². The standard InChI is InChI=1S/C28H32F2N2O3S/c1-27-12-16-14-31-32(19-6-4-18(30)5-7-19)23(16)11-17(27)3-8-20-21-9-10-22(26(35-34)36-15-29)28(21,2)13-24(33)25(20)27/h4-7,11,14,20-21,24-25,33-34H,3,8-10,12-13,15H2,1-2H3. The third kappa shape index (κ3) is 3.44. The average molecular weight is 515 g/mol. The quantitative estimate of drug-likeness (QED) is 0.276. The number of hydrogen-bond donors (Lipinski definition) is 2. The number of thioether (sulfide) groups is 1. The number of alkyl halides is 1. The Balaban J connectivity index is 1.35. The Kier molecular flexibility index (Phi) is 5.85. The van der Waals surface area contributed by atoms with Gasteiger partial charge in [-0.25, -0.2) is 18.7 Å². The molecule has 6 unspecified atom stereocenters. The van der Waals surface area contributed by atoms with Gasteiger partial charge in [-0.15, -0.1) is 0 Å². The Morgan fingerprint density at radius 2 is 1.97 bits per heavy atom. The molecule has 4 aliphatic carbocycles. The predicted molar refractivity (Wildman–Crippen MR) is 135 cm³/mol. The van der Waals surface area contributed by atoms with Crippen molar-refractivity contribution in [3.63, 3.8) is 0 Å². The van der Waals surface area contributed by atoms with E-state index in [0.717, 1.165) is 66.4 Å². The summed E-state index contributed by atoms with van der Waals surface area (Å²) in [6.07, 6.45) is 8.70. The number of aliphatic hydroxyl groups excluding tert-OH is 1. The second kappa shape index (κ2) is 8.71. The number of rotatable bonds is 4. The van der Waals surface area contributed by atoms with Crippen LogP contribution in [-0.4, -0.2) is 32.3 Å². The Hall–Kier alpha value is -2.16. The van der Waals surface area contributed by atoms with Crippen LogP contribution in [-0.2, 0) is 11.3 Å². The number of allylic oxidation sites excluding steroid dienone is 2. The van der Waals surface area contributed by atoms with Crippen molar-refractivity contribution >= 4 is 17.8 Å². The summed E-state index contributed by atoms with van der Waals surface area (Å²) in [5.41, 5.74) is 4.83. The van der Waals surface area contributed by atoms with Crippen LogP contribution in [0.5, 0.6) is 0 Å². The zero-order valence-corrected chi connectivity index (χ0v) is 21.4. The van der Waals surface area contributed by atoms with Crippen LogP contribution < -0.4 is 0 Å². The van der Waals surface area contributed by atoms with E-state index in [9.17, 15) is 19.1 Å². The molecule has 3 saturated carbocycles. The molecule has 0 amide bonds. The average Bonchev–Trinajstić information content (AvgIpc) is 3.41. The summed E-state index contributed by atoms with van der Waals surface area (Å²) in [7, 11) is 0. The Bertz CT molecular complexity index is 1240. The summed E-state index contributed by atoms with van der Waals surface area (Å²) in [5, 5.41) is 26.1. The van der Waals surface area contributed by atoms with Crippen LogP contribution in [0, 0.1) is 34.4 Å². The molecule has 2 N–H and O–H groups in total. The first-order chi connectivity index (χ1) is 17.3. The second-order valence-corrected chi connectivity index (χ2v) is 12.3. The zero-order valence-electron chi connectivity index (χ0n) is 20.6. The maximum absolute atomic E-state index is 13.5. The molecule has 6 rings (SSSR count). The van der Waals surface area contributed by atoms with Crippen molar-refractivity contribution in [2.24, 2.45) is 28.6 Å². The summed E-state index contributed by atoms with van der Waals surface area (Å²) < 4.78 is 28.5. The van der Waals surface area contributed by atoms with Gasteiger partial charge in [0.05, 0.1) is 23.7 Å². The lowest BCUT2D eigenvalue weighted by Crippen LogP contribution is -2.56. The molecule has 4 aliphatic rings. The zero-order chi connectivity index (χ0) is 25.2. The van der Waals surface area contributed by atoms with Gasteiger partial charge in [0.1, 0.15) is 11.8 Å². The van der Waals surface area contributed by atoms with Crippen LogP contribution in [0.25, 0.3) is 11.8 Å². The van der Waals surface area contributed by atoms with Gasteiger partial charge in [-0.1, -0.05) is 31.2 Å². The Morgan fingerprint density at radius 3 is 2.69 bits per heavy atom. The molecule has 3 fully saturated rings. The van der Waals surface area contributed by atoms with Gasteiger partial charge in [0.2, 0.25) is 5.09 Å². The highest BCUT2D eigenvalue weighted by atomic mass is 32.2. The normalized spacial score (nSPS) is 36.3. The maximum Gasteiger partial charge on any atom is 0.200 e. The summed E-state index contributed by atoms with van der Waals surface area (Å²) >= 11 is 0.889. The highest BCUT2D eigenvalue weighted by Gasteiger charge is 2.61. The number of hydrogen-bond acceptors (Lipinski definition) is 5. The first kappa shape index (κ1) is 24.2. The topological polar surface area (TPSA) is 67.5 Å². The van der Waals surface area contributed by atoms with E-state index in [-0.39, 0.29) is 27.7 Å². The Labute approximate surface area is 214 Å². The molecule has 1 aromatic heterocycles. The van der Waals surface area contributed by atoms with Crippen molar-refractivity contribution in [2.75, 3.05) is 6.01 Å². The smallest absolute Gasteiger partial charge is 0.200 e. The van der Waals surface area contributed by atoms with E-state index in [1.807, 2.05) is 10.9 Å². The van der Waals surface area contributed by atoms with Crippen LogP contribution in [0.3, 0.4) is 0 Å². The van der Waals surface area contributed by atoms with E-state index in [1.165, 1.54) is 17.7 Å². The van der Waals surface area contributed by atoms with Gasteiger partial charge < -0.3 is 9.99 Å². The molecule has 6 atom stereocenters. The molecule has 1 heterocycles. The molecule has 192 valence electrons. The monoisotopic (exact) mass is 514 g/mol. The fraction of sp³-hybridized carbons (Fsp3) is 0.536. The molecule has 5 nitrogen and oxygen atoms in total. The van der Waals surface area contributed by atoms with E-state index in [4.69, 9.17) is 0 Å². The van der Waals surface area contributed by atoms with Crippen LogP contribution in [0.4, 0.5) is 8.78 Å². The van der Waals surface area contributed by atoms with Gasteiger partial charge in [-0.2, -0.15) is 5.10 Å². The number of benzene rings is 1. The van der Waals surface area contributed by atoms with E-state index in [0.29, 0.717) is 18.3 Å². The number of nitrogens with zero attached hydrogens (tertiary/aromatic N) is 2. The third-order valence-electron chi connectivity index (χ3n) is 9.80. The maximum atomic E-state index is 13.5. The molecule has 8 heteroatoms. The van der Waals surface area contributed by atoms with Crippen LogP contribution >= 0.6 is 11.8 Å². The van der Waals surface area contributed by atoms with Crippen molar-refractivity contribution in [1.29, 1.82) is 0 Å². The third-order valence-corrected chi connectivity index (χ3v) is 10.5. The number of halogens is 2. The molecule has 0 bridgehead atoms. The minimum atomic E-state index is -0.658. The summed E-state index contributed by atoms with van der Waals surface area (Å²) in [6, 6.07) is 5.74. The van der Waals surface area contributed by atoms with Crippen molar-refractivity contribution < 1.29 is 24.0 Å². The first-order valence-corrected chi connectivity index (χ1v) is 13.7. The minimum absolute atomic E-state index is 0.115. The van der Waals surface area contributed by atoms with Gasteiger partial charge >= 0.3 is 0 Å². The summed E-state index contributed by atoms with van der Waals surface area (Å²) in [5.74, 6) is 0.535. The van der Waals surface area contributed by atoms with Gasteiger partial charge in [0.15, 0.2) is 0 Å². The summed E-state index contributed by atoms with van der Waals surface area (Å²) in [6.45, 7) is 4.46. The number of aromatic nitrogens is 2. The lowest BCUT2D eigenvalue weighted by Gasteiger charge is -2.59. The summed E-state index contributed by atoms with van der Waals surface area (Å²) in [4.78, 5) is 4.63. The van der Waals surface area contributed by atoms with E-state index < -0.39 is 12.1 Å². The van der Waals surface area contributed by atoms with E-state index in [1.54, 1.807) is 12.1 Å². The van der Waals surface area contributed by atoms with Crippen LogP contribution in [0.15, 0.2) is 46.7 Å². The van der Waals surface area contributed by atoms with Gasteiger partial charge in [-0.05, 0) is 109 Å². The fourth-order valence-corrected chi connectivity index (χ4v) is 9.00. The van der Waals surface area contributed by atoms with Crippen molar-refractivity contribution in [3.05, 3.63) is 63.8 Å². The molecule has 2 aromatic rings. The molecular formula is C28H32F2N2O3S. The second-order valence-electron chi connectivity index (χ2n) is 11.4. The molecular weight excluding hydrogens is 482 g/mol. The lowest BCUT2D eigenvalue weighted by atomic mass is 9.46. The molecule has 0 radical (unpaired) electrons. The number of fused-ring (bicyclic) bond motifs is 6. The molecule has 0 aliphatic heterocycles. The van der Waals surface area contributed by atoms with Gasteiger partial charge in [0.25, 0.3) is 0 Å². The molecule has 0 spiro atoms. The van der Waals surface area contributed by atoms with Gasteiger partial charge in [-0.3, -0.25) is 0 Å². The molecule has 1 aromatic carbocycles. The largest absolute Gasteiger partial charge is 0.393 e. The van der Waals surface area contributed by atoms with E-state index >= 15 is 0 Å². The van der Waals surface area contributed by atoms with Crippen LogP contribution in [0.1, 0.15) is 57.2 Å².